The Morgan fingerprint density at radius 1 is 1.11 bits per heavy atom. The number of aliphatic hydroxyl groups is 1. The molecule has 19 heavy (non-hydrogen) atoms. The molecule has 1 atom stereocenters. The molecule has 3 heteroatoms. The van der Waals surface area contributed by atoms with Crippen LogP contribution in [0.2, 0.25) is 0 Å². The molecule has 0 aliphatic heterocycles. The molecular formula is C16H31NO2. The summed E-state index contributed by atoms with van der Waals surface area (Å²) in [6.45, 7) is 5.42. The molecule has 0 amide bonds. The second-order valence-electron chi connectivity index (χ2n) is 6.75. The molecule has 0 aromatic heterocycles. The van der Waals surface area contributed by atoms with Crippen LogP contribution in [0.25, 0.3) is 0 Å². The molecule has 0 aromatic carbocycles. The minimum absolute atomic E-state index is 0.342. The molecule has 2 fully saturated rings. The highest BCUT2D eigenvalue weighted by Crippen LogP contribution is 2.30. The molecule has 0 saturated heterocycles. The lowest BCUT2D eigenvalue weighted by Gasteiger charge is -2.26. The van der Waals surface area contributed by atoms with Crippen LogP contribution in [0.5, 0.6) is 0 Å². The van der Waals surface area contributed by atoms with E-state index in [0.29, 0.717) is 13.2 Å². The van der Waals surface area contributed by atoms with Crippen molar-refractivity contribution in [2.24, 2.45) is 17.8 Å². The van der Waals surface area contributed by atoms with E-state index in [9.17, 15) is 5.11 Å². The molecule has 2 N–H and O–H groups in total. The second-order valence-corrected chi connectivity index (χ2v) is 6.75. The van der Waals surface area contributed by atoms with E-state index in [2.05, 4.69) is 12.2 Å². The van der Waals surface area contributed by atoms with Crippen molar-refractivity contribution in [2.75, 3.05) is 26.3 Å². The van der Waals surface area contributed by atoms with Crippen LogP contribution in [0.4, 0.5) is 0 Å². The first-order valence-corrected chi connectivity index (χ1v) is 8.20. The first-order chi connectivity index (χ1) is 9.24. The van der Waals surface area contributed by atoms with E-state index < -0.39 is 0 Å². The van der Waals surface area contributed by atoms with Gasteiger partial charge in [0.05, 0.1) is 12.7 Å². The molecule has 0 aromatic rings. The number of hydrogen-bond acceptors (Lipinski definition) is 3. The first-order valence-electron chi connectivity index (χ1n) is 8.20. The minimum atomic E-state index is -0.342. The summed E-state index contributed by atoms with van der Waals surface area (Å²) in [5, 5.41) is 13.1. The highest BCUT2D eigenvalue weighted by Gasteiger charge is 2.21. The normalized spacial score (nSPS) is 29.4. The standard InChI is InChI=1S/C16H31NO2/c1-13-2-4-14(5-3-13)8-9-17-10-16(18)12-19-11-15-6-7-15/h13-18H,2-12H2,1H3. The van der Waals surface area contributed by atoms with Gasteiger partial charge in [0.1, 0.15) is 0 Å². The Labute approximate surface area is 118 Å². The van der Waals surface area contributed by atoms with Gasteiger partial charge in [0.25, 0.3) is 0 Å². The highest BCUT2D eigenvalue weighted by atomic mass is 16.5. The third-order valence-electron chi connectivity index (χ3n) is 4.61. The monoisotopic (exact) mass is 269 g/mol. The molecule has 0 radical (unpaired) electrons. The van der Waals surface area contributed by atoms with Crippen LogP contribution in [0.15, 0.2) is 0 Å². The summed E-state index contributed by atoms with van der Waals surface area (Å²) in [7, 11) is 0. The van der Waals surface area contributed by atoms with Gasteiger partial charge in [0.15, 0.2) is 0 Å². The fourth-order valence-electron chi connectivity index (χ4n) is 2.91. The molecule has 0 heterocycles. The van der Waals surface area contributed by atoms with Crippen LogP contribution in [-0.4, -0.2) is 37.5 Å². The lowest BCUT2D eigenvalue weighted by Crippen LogP contribution is -2.32. The molecule has 2 aliphatic rings. The second kappa shape index (κ2) is 8.23. The van der Waals surface area contributed by atoms with Gasteiger partial charge in [-0.25, -0.2) is 0 Å². The van der Waals surface area contributed by atoms with Crippen LogP contribution in [0.3, 0.4) is 0 Å². The lowest BCUT2D eigenvalue weighted by molar-refractivity contribution is 0.0324. The van der Waals surface area contributed by atoms with Crippen LogP contribution < -0.4 is 5.32 Å². The van der Waals surface area contributed by atoms with Crippen molar-refractivity contribution in [3.05, 3.63) is 0 Å². The minimum Gasteiger partial charge on any atom is -0.389 e. The molecule has 1 unspecified atom stereocenters. The van der Waals surface area contributed by atoms with Gasteiger partial charge in [-0.15, -0.1) is 0 Å². The maximum atomic E-state index is 9.77. The van der Waals surface area contributed by atoms with Crippen LogP contribution in [0, 0.1) is 17.8 Å². The fraction of sp³-hybridized carbons (Fsp3) is 1.00. The Bertz CT molecular complexity index is 235. The summed E-state index contributed by atoms with van der Waals surface area (Å²) in [6, 6.07) is 0. The summed E-state index contributed by atoms with van der Waals surface area (Å²) >= 11 is 0. The van der Waals surface area contributed by atoms with Crippen LogP contribution >= 0.6 is 0 Å². The Morgan fingerprint density at radius 2 is 1.79 bits per heavy atom. The number of nitrogens with one attached hydrogen (secondary N) is 1. The van der Waals surface area contributed by atoms with Gasteiger partial charge in [0, 0.05) is 13.2 Å². The number of hydrogen-bond donors (Lipinski definition) is 2. The summed E-state index contributed by atoms with van der Waals surface area (Å²) in [4.78, 5) is 0. The molecule has 2 aliphatic carbocycles. The van der Waals surface area contributed by atoms with Crippen molar-refractivity contribution in [1.82, 2.24) is 5.32 Å². The number of aliphatic hydroxyl groups excluding tert-OH is 1. The summed E-state index contributed by atoms with van der Waals surface area (Å²) < 4.78 is 5.49. The first kappa shape index (κ1) is 15.3. The van der Waals surface area contributed by atoms with Crippen LogP contribution in [0.1, 0.15) is 51.9 Å². The summed E-state index contributed by atoms with van der Waals surface area (Å²) in [5.74, 6) is 2.63. The highest BCUT2D eigenvalue weighted by molar-refractivity contribution is 4.73. The van der Waals surface area contributed by atoms with E-state index >= 15 is 0 Å². The van der Waals surface area contributed by atoms with Crippen molar-refractivity contribution in [2.45, 2.75) is 58.0 Å². The van der Waals surface area contributed by atoms with Gasteiger partial charge in [-0.2, -0.15) is 0 Å². The van der Waals surface area contributed by atoms with Crippen molar-refractivity contribution in [3.63, 3.8) is 0 Å². The number of rotatable bonds is 9. The van der Waals surface area contributed by atoms with Crippen molar-refractivity contribution in [3.8, 4) is 0 Å². The molecule has 2 saturated carbocycles. The Morgan fingerprint density at radius 3 is 2.47 bits per heavy atom. The summed E-state index contributed by atoms with van der Waals surface area (Å²) in [6.07, 6.45) is 9.16. The zero-order valence-corrected chi connectivity index (χ0v) is 12.4. The zero-order chi connectivity index (χ0) is 13.5. The van der Waals surface area contributed by atoms with Crippen molar-refractivity contribution < 1.29 is 9.84 Å². The lowest BCUT2D eigenvalue weighted by atomic mass is 9.81. The van der Waals surface area contributed by atoms with Crippen molar-refractivity contribution in [1.29, 1.82) is 0 Å². The van der Waals surface area contributed by atoms with Gasteiger partial charge < -0.3 is 15.2 Å². The zero-order valence-electron chi connectivity index (χ0n) is 12.4. The smallest absolute Gasteiger partial charge is 0.0897 e. The van der Waals surface area contributed by atoms with Gasteiger partial charge in [0.2, 0.25) is 0 Å². The maximum Gasteiger partial charge on any atom is 0.0897 e. The molecule has 2 rings (SSSR count). The average molecular weight is 269 g/mol. The van der Waals surface area contributed by atoms with Gasteiger partial charge in [-0.1, -0.05) is 32.6 Å². The van der Waals surface area contributed by atoms with E-state index in [4.69, 9.17) is 4.74 Å². The van der Waals surface area contributed by atoms with E-state index in [1.165, 1.54) is 44.9 Å². The average Bonchev–Trinajstić information content (AvgIpc) is 3.21. The fourth-order valence-corrected chi connectivity index (χ4v) is 2.91. The van der Waals surface area contributed by atoms with E-state index in [0.717, 1.165) is 30.9 Å². The maximum absolute atomic E-state index is 9.77. The van der Waals surface area contributed by atoms with Gasteiger partial charge >= 0.3 is 0 Å². The molecule has 0 bridgehead atoms. The molecular weight excluding hydrogens is 238 g/mol. The topological polar surface area (TPSA) is 41.5 Å². The molecule has 112 valence electrons. The third-order valence-corrected chi connectivity index (χ3v) is 4.61. The number of ether oxygens (including phenoxy) is 1. The predicted molar refractivity (Wildman–Crippen MR) is 78.2 cm³/mol. The van der Waals surface area contributed by atoms with Crippen LogP contribution in [-0.2, 0) is 4.74 Å². The van der Waals surface area contributed by atoms with Crippen molar-refractivity contribution >= 4 is 0 Å². The Kier molecular flexibility index (Phi) is 6.62. The third kappa shape index (κ3) is 6.73. The Balaban J connectivity index is 1.40. The predicted octanol–water partition coefficient (Wildman–Crippen LogP) is 2.58. The largest absolute Gasteiger partial charge is 0.389 e. The Hall–Kier alpha value is -0.120. The van der Waals surface area contributed by atoms with E-state index in [-0.39, 0.29) is 6.10 Å². The molecule has 3 nitrogen and oxygen atoms in total. The van der Waals surface area contributed by atoms with Gasteiger partial charge in [-0.05, 0) is 43.6 Å². The summed E-state index contributed by atoms with van der Waals surface area (Å²) in [5.41, 5.74) is 0. The van der Waals surface area contributed by atoms with E-state index in [1.54, 1.807) is 0 Å². The SMILES string of the molecule is CC1CCC(CCNCC(O)COCC2CC2)CC1. The van der Waals surface area contributed by atoms with Gasteiger partial charge in [-0.3, -0.25) is 0 Å². The molecule has 0 spiro atoms. The quantitative estimate of drug-likeness (QED) is 0.632. The van der Waals surface area contributed by atoms with E-state index in [1.807, 2.05) is 0 Å².